The molecule has 0 saturated carbocycles. The van der Waals surface area contributed by atoms with E-state index in [0.717, 1.165) is 12.5 Å². The summed E-state index contributed by atoms with van der Waals surface area (Å²) in [6.07, 6.45) is 2.12. The number of fused-ring (bicyclic) bond motifs is 1. The first-order chi connectivity index (χ1) is 9.16. The molecule has 0 amide bonds. The molecule has 8 heteroatoms. The molecule has 0 spiro atoms. The second-order valence-electron chi connectivity index (χ2n) is 4.45. The zero-order valence-electron chi connectivity index (χ0n) is 10.9. The standard InChI is InChI=1S/C12H14N2O4S2/c1-19(15,16)13-11-7-8-12(14-20(2,17)18)10-6-4-3-5-9(10)11/h3-8,13-14H,1-2H3. The first kappa shape index (κ1) is 14.6. The Balaban J connectivity index is 2.64. The Morgan fingerprint density at radius 3 is 1.35 bits per heavy atom. The summed E-state index contributed by atoms with van der Waals surface area (Å²) in [4.78, 5) is 0. The molecule has 0 heterocycles. The molecule has 0 saturated heterocycles. The SMILES string of the molecule is CS(=O)(=O)Nc1ccc(NS(C)(=O)=O)c2ccccc12. The second kappa shape index (κ2) is 4.95. The molecular formula is C12H14N2O4S2. The van der Waals surface area contributed by atoms with Gasteiger partial charge in [0, 0.05) is 10.8 Å². The molecule has 0 fully saturated rings. The van der Waals surface area contributed by atoms with Gasteiger partial charge in [-0.15, -0.1) is 0 Å². The predicted molar refractivity (Wildman–Crippen MR) is 80.9 cm³/mol. The van der Waals surface area contributed by atoms with E-state index in [4.69, 9.17) is 0 Å². The molecule has 0 aromatic heterocycles. The van der Waals surface area contributed by atoms with Gasteiger partial charge in [0.1, 0.15) is 0 Å². The zero-order chi connectivity index (χ0) is 15.0. The van der Waals surface area contributed by atoms with Gasteiger partial charge in [-0.1, -0.05) is 24.3 Å². The summed E-state index contributed by atoms with van der Waals surface area (Å²) in [6.45, 7) is 0. The lowest BCUT2D eigenvalue weighted by molar-refractivity contribution is 0.605. The average Bonchev–Trinajstić information content (AvgIpc) is 2.29. The lowest BCUT2D eigenvalue weighted by Gasteiger charge is -2.12. The molecule has 2 aromatic rings. The molecule has 2 aromatic carbocycles. The number of hydrogen-bond donors (Lipinski definition) is 2. The van der Waals surface area contributed by atoms with Gasteiger partial charge >= 0.3 is 0 Å². The molecule has 0 aliphatic carbocycles. The van der Waals surface area contributed by atoms with Crippen molar-refractivity contribution in [3.8, 4) is 0 Å². The minimum atomic E-state index is -3.41. The molecule has 0 aliphatic rings. The molecule has 6 nitrogen and oxygen atoms in total. The number of anilines is 2. The van der Waals surface area contributed by atoms with E-state index in [2.05, 4.69) is 9.44 Å². The number of benzene rings is 2. The van der Waals surface area contributed by atoms with Crippen LogP contribution >= 0.6 is 0 Å². The third-order valence-corrected chi connectivity index (χ3v) is 3.70. The minimum Gasteiger partial charge on any atom is -0.283 e. The summed E-state index contributed by atoms with van der Waals surface area (Å²) in [5.74, 6) is 0. The van der Waals surface area contributed by atoms with Crippen molar-refractivity contribution in [3.05, 3.63) is 36.4 Å². The maximum Gasteiger partial charge on any atom is 0.229 e. The van der Waals surface area contributed by atoms with Crippen molar-refractivity contribution < 1.29 is 16.8 Å². The Hall–Kier alpha value is -1.80. The van der Waals surface area contributed by atoms with Gasteiger partial charge in [0.15, 0.2) is 0 Å². The fraction of sp³-hybridized carbons (Fsp3) is 0.167. The monoisotopic (exact) mass is 314 g/mol. The van der Waals surface area contributed by atoms with Crippen molar-refractivity contribution in [2.75, 3.05) is 22.0 Å². The highest BCUT2D eigenvalue weighted by Crippen LogP contribution is 2.30. The molecule has 0 aliphatic heterocycles. The quantitative estimate of drug-likeness (QED) is 0.896. The number of rotatable bonds is 4. The minimum absolute atomic E-state index is 0.405. The Kier molecular flexibility index (Phi) is 3.61. The summed E-state index contributed by atoms with van der Waals surface area (Å²) in [5, 5.41) is 1.23. The highest BCUT2D eigenvalue weighted by molar-refractivity contribution is 7.92. The second-order valence-corrected chi connectivity index (χ2v) is 7.95. The van der Waals surface area contributed by atoms with Crippen LogP contribution in [0.3, 0.4) is 0 Å². The van der Waals surface area contributed by atoms with E-state index in [0.29, 0.717) is 22.1 Å². The van der Waals surface area contributed by atoms with E-state index in [1.807, 2.05) is 0 Å². The number of sulfonamides is 2. The van der Waals surface area contributed by atoms with Crippen molar-refractivity contribution in [1.82, 2.24) is 0 Å². The van der Waals surface area contributed by atoms with Gasteiger partial charge < -0.3 is 0 Å². The van der Waals surface area contributed by atoms with E-state index < -0.39 is 20.0 Å². The van der Waals surface area contributed by atoms with Crippen LogP contribution in [0, 0.1) is 0 Å². The molecule has 0 atom stereocenters. The van der Waals surface area contributed by atoms with Crippen LogP contribution in [0.4, 0.5) is 11.4 Å². The van der Waals surface area contributed by atoms with Crippen molar-refractivity contribution in [3.63, 3.8) is 0 Å². The maximum atomic E-state index is 11.3. The fourth-order valence-electron chi connectivity index (χ4n) is 1.88. The normalized spacial score (nSPS) is 12.3. The molecular weight excluding hydrogens is 300 g/mol. The first-order valence-electron chi connectivity index (χ1n) is 5.63. The zero-order valence-corrected chi connectivity index (χ0v) is 12.5. The van der Waals surface area contributed by atoms with Gasteiger partial charge in [-0.05, 0) is 12.1 Å². The van der Waals surface area contributed by atoms with Crippen LogP contribution in [0.5, 0.6) is 0 Å². The summed E-state index contributed by atoms with van der Waals surface area (Å²) in [7, 11) is -6.81. The van der Waals surface area contributed by atoms with E-state index in [1.54, 1.807) is 24.3 Å². The highest BCUT2D eigenvalue weighted by atomic mass is 32.2. The average molecular weight is 314 g/mol. The Bertz CT molecular complexity index is 786. The summed E-state index contributed by atoms with van der Waals surface area (Å²) < 4.78 is 50.2. The first-order valence-corrected chi connectivity index (χ1v) is 9.41. The van der Waals surface area contributed by atoms with Crippen LogP contribution in [-0.4, -0.2) is 29.3 Å². The topological polar surface area (TPSA) is 92.3 Å². The lowest BCUT2D eigenvalue weighted by Crippen LogP contribution is -2.12. The third-order valence-electron chi connectivity index (χ3n) is 2.51. The van der Waals surface area contributed by atoms with Gasteiger partial charge in [-0.3, -0.25) is 9.44 Å². The van der Waals surface area contributed by atoms with E-state index in [9.17, 15) is 16.8 Å². The van der Waals surface area contributed by atoms with Crippen LogP contribution in [0.25, 0.3) is 10.8 Å². The van der Waals surface area contributed by atoms with Crippen LogP contribution in [0.2, 0.25) is 0 Å². The molecule has 2 N–H and O–H groups in total. The molecule has 0 radical (unpaired) electrons. The van der Waals surface area contributed by atoms with Gasteiger partial charge in [0.05, 0.1) is 23.9 Å². The Morgan fingerprint density at radius 2 is 1.05 bits per heavy atom. The van der Waals surface area contributed by atoms with Crippen LogP contribution < -0.4 is 9.44 Å². The predicted octanol–water partition coefficient (Wildman–Crippen LogP) is 1.58. The maximum absolute atomic E-state index is 11.3. The third kappa shape index (κ3) is 3.61. The van der Waals surface area contributed by atoms with Gasteiger partial charge in [-0.25, -0.2) is 16.8 Å². The Morgan fingerprint density at radius 1 is 0.700 bits per heavy atom. The van der Waals surface area contributed by atoms with E-state index in [1.165, 1.54) is 12.1 Å². The highest BCUT2D eigenvalue weighted by Gasteiger charge is 2.11. The van der Waals surface area contributed by atoms with Crippen molar-refractivity contribution >= 4 is 42.2 Å². The van der Waals surface area contributed by atoms with Gasteiger partial charge in [0.25, 0.3) is 0 Å². The summed E-state index contributed by atoms with van der Waals surface area (Å²) >= 11 is 0. The van der Waals surface area contributed by atoms with Crippen LogP contribution in [0.1, 0.15) is 0 Å². The van der Waals surface area contributed by atoms with Crippen LogP contribution in [0.15, 0.2) is 36.4 Å². The van der Waals surface area contributed by atoms with E-state index in [-0.39, 0.29) is 0 Å². The smallest absolute Gasteiger partial charge is 0.229 e. The molecule has 0 unspecified atom stereocenters. The summed E-state index contributed by atoms with van der Waals surface area (Å²) in [5.41, 5.74) is 0.810. The lowest BCUT2D eigenvalue weighted by atomic mass is 10.1. The summed E-state index contributed by atoms with van der Waals surface area (Å²) in [6, 6.07) is 9.99. The molecule has 2 rings (SSSR count). The van der Waals surface area contributed by atoms with Crippen molar-refractivity contribution in [2.45, 2.75) is 0 Å². The van der Waals surface area contributed by atoms with Gasteiger partial charge in [-0.2, -0.15) is 0 Å². The van der Waals surface area contributed by atoms with Gasteiger partial charge in [0.2, 0.25) is 20.0 Å². The Labute approximate surface area is 117 Å². The molecule has 0 bridgehead atoms. The molecule has 108 valence electrons. The van der Waals surface area contributed by atoms with E-state index >= 15 is 0 Å². The fourth-order valence-corrected chi connectivity index (χ4v) is 3.03. The number of hydrogen-bond acceptors (Lipinski definition) is 4. The van der Waals surface area contributed by atoms with Crippen LogP contribution in [-0.2, 0) is 20.0 Å². The number of nitrogens with one attached hydrogen (secondary N) is 2. The van der Waals surface area contributed by atoms with Crippen molar-refractivity contribution in [1.29, 1.82) is 0 Å². The molecule has 20 heavy (non-hydrogen) atoms. The van der Waals surface area contributed by atoms with Crippen molar-refractivity contribution in [2.24, 2.45) is 0 Å². The largest absolute Gasteiger partial charge is 0.283 e.